The van der Waals surface area contributed by atoms with Gasteiger partial charge in [0.1, 0.15) is 0 Å². The number of carbonyl (C=O) groups excluding carboxylic acids is 2. The predicted octanol–water partition coefficient (Wildman–Crippen LogP) is 3.58. The Hall–Kier alpha value is -2.66. The lowest BCUT2D eigenvalue weighted by atomic mass is 10.1. The monoisotopic (exact) mass is 341 g/mol. The van der Waals surface area contributed by atoms with Crippen LogP contribution in [0.4, 0.5) is 5.69 Å². The topological polar surface area (TPSA) is 64.6 Å². The highest BCUT2D eigenvalue weighted by Gasteiger charge is 2.19. The van der Waals surface area contributed by atoms with Gasteiger partial charge in [0.15, 0.2) is 6.10 Å². The Bertz CT molecular complexity index is 707. The van der Waals surface area contributed by atoms with Crippen molar-refractivity contribution in [2.45, 2.75) is 33.0 Å². The average molecular weight is 341 g/mol. The van der Waals surface area contributed by atoms with Crippen molar-refractivity contribution in [3.63, 3.8) is 0 Å². The van der Waals surface area contributed by atoms with E-state index in [9.17, 15) is 9.59 Å². The van der Waals surface area contributed by atoms with E-state index < -0.39 is 12.1 Å². The average Bonchev–Trinajstić information content (AvgIpc) is 2.63. The molecule has 0 radical (unpaired) electrons. The van der Waals surface area contributed by atoms with Crippen LogP contribution < -0.4 is 5.32 Å². The quantitative estimate of drug-likeness (QED) is 0.782. The summed E-state index contributed by atoms with van der Waals surface area (Å²) in [7, 11) is 1.61. The molecule has 0 saturated carbocycles. The number of hydrogen-bond acceptors (Lipinski definition) is 4. The molecule has 2 aromatic rings. The molecule has 0 aliphatic carbocycles. The third kappa shape index (κ3) is 5.43. The van der Waals surface area contributed by atoms with E-state index in [1.807, 2.05) is 24.3 Å². The summed E-state index contributed by atoms with van der Waals surface area (Å²) in [6, 6.07) is 14.5. The molecule has 132 valence electrons. The third-order valence-electron chi connectivity index (χ3n) is 3.78. The molecule has 5 heteroatoms. The van der Waals surface area contributed by atoms with Gasteiger partial charge in [0.05, 0.1) is 12.2 Å². The normalized spacial score (nSPS) is 11.6. The molecule has 0 heterocycles. The number of aryl methyl sites for hydroxylation is 1. The molecule has 0 aromatic heterocycles. The smallest absolute Gasteiger partial charge is 0.338 e. The van der Waals surface area contributed by atoms with Gasteiger partial charge in [0.2, 0.25) is 0 Å². The number of ether oxygens (including phenoxy) is 2. The number of amides is 1. The highest BCUT2D eigenvalue weighted by molar-refractivity contribution is 5.97. The number of rotatable bonds is 7. The zero-order valence-corrected chi connectivity index (χ0v) is 14.7. The fourth-order valence-corrected chi connectivity index (χ4v) is 2.25. The summed E-state index contributed by atoms with van der Waals surface area (Å²) in [5.41, 5.74) is 3.22. The summed E-state index contributed by atoms with van der Waals surface area (Å²) < 4.78 is 10.3. The Morgan fingerprint density at radius 2 is 1.60 bits per heavy atom. The van der Waals surface area contributed by atoms with E-state index in [1.54, 1.807) is 38.3 Å². The molecule has 0 spiro atoms. The van der Waals surface area contributed by atoms with Crippen molar-refractivity contribution < 1.29 is 19.1 Å². The lowest BCUT2D eigenvalue weighted by Crippen LogP contribution is -2.30. The first-order valence-electron chi connectivity index (χ1n) is 8.22. The van der Waals surface area contributed by atoms with E-state index in [-0.39, 0.29) is 5.91 Å². The first kappa shape index (κ1) is 18.7. The molecule has 0 aliphatic heterocycles. The second-order valence-electron chi connectivity index (χ2n) is 5.72. The van der Waals surface area contributed by atoms with Crippen LogP contribution in [0, 0.1) is 0 Å². The first-order chi connectivity index (χ1) is 12.0. The van der Waals surface area contributed by atoms with Crippen molar-refractivity contribution in [2.24, 2.45) is 0 Å². The maximum atomic E-state index is 12.2. The zero-order chi connectivity index (χ0) is 18.2. The molecule has 0 fully saturated rings. The van der Waals surface area contributed by atoms with Crippen LogP contribution in [0.25, 0.3) is 0 Å². The summed E-state index contributed by atoms with van der Waals surface area (Å²) in [6.45, 7) is 4.09. The largest absolute Gasteiger partial charge is 0.449 e. The van der Waals surface area contributed by atoms with Crippen molar-refractivity contribution in [1.82, 2.24) is 0 Å². The van der Waals surface area contributed by atoms with E-state index in [1.165, 1.54) is 5.56 Å². The van der Waals surface area contributed by atoms with E-state index >= 15 is 0 Å². The summed E-state index contributed by atoms with van der Waals surface area (Å²) in [5, 5.41) is 2.74. The maximum Gasteiger partial charge on any atom is 0.338 e. The molecule has 0 bridgehead atoms. The van der Waals surface area contributed by atoms with Crippen LogP contribution in [0.3, 0.4) is 0 Å². The number of benzene rings is 2. The molecule has 25 heavy (non-hydrogen) atoms. The lowest BCUT2D eigenvalue weighted by molar-refractivity contribution is -0.123. The van der Waals surface area contributed by atoms with Crippen LogP contribution in [0.15, 0.2) is 48.5 Å². The first-order valence-corrected chi connectivity index (χ1v) is 8.22. The predicted molar refractivity (Wildman–Crippen MR) is 96.5 cm³/mol. The van der Waals surface area contributed by atoms with Gasteiger partial charge in [0.25, 0.3) is 5.91 Å². The van der Waals surface area contributed by atoms with Crippen molar-refractivity contribution in [1.29, 1.82) is 0 Å². The fourth-order valence-electron chi connectivity index (χ4n) is 2.25. The summed E-state index contributed by atoms with van der Waals surface area (Å²) in [4.78, 5) is 24.3. The minimum absolute atomic E-state index is 0.367. The van der Waals surface area contributed by atoms with Crippen LogP contribution in [-0.4, -0.2) is 25.1 Å². The lowest BCUT2D eigenvalue weighted by Gasteiger charge is -2.14. The van der Waals surface area contributed by atoms with Gasteiger partial charge in [0, 0.05) is 12.8 Å². The zero-order valence-electron chi connectivity index (χ0n) is 14.7. The SMILES string of the molecule is CCc1ccc(NC(=O)[C@@H](C)OC(=O)c2ccc(COC)cc2)cc1. The van der Waals surface area contributed by atoms with Crippen molar-refractivity contribution >= 4 is 17.6 Å². The van der Waals surface area contributed by atoms with E-state index in [4.69, 9.17) is 9.47 Å². The van der Waals surface area contributed by atoms with Crippen molar-refractivity contribution in [3.05, 3.63) is 65.2 Å². The Morgan fingerprint density at radius 1 is 1.00 bits per heavy atom. The molecule has 0 aliphatic rings. The third-order valence-corrected chi connectivity index (χ3v) is 3.78. The van der Waals surface area contributed by atoms with Gasteiger partial charge in [-0.2, -0.15) is 0 Å². The summed E-state index contributed by atoms with van der Waals surface area (Å²) >= 11 is 0. The molecule has 1 atom stereocenters. The van der Waals surface area contributed by atoms with Crippen LogP contribution in [-0.2, 0) is 27.3 Å². The van der Waals surface area contributed by atoms with Gasteiger partial charge in [-0.15, -0.1) is 0 Å². The van der Waals surface area contributed by atoms with Gasteiger partial charge in [-0.05, 0) is 48.7 Å². The number of methoxy groups -OCH3 is 1. The Balaban J connectivity index is 1.91. The molecule has 1 amide bonds. The minimum Gasteiger partial charge on any atom is -0.449 e. The number of hydrogen-bond donors (Lipinski definition) is 1. The van der Waals surface area contributed by atoms with Crippen LogP contribution in [0.2, 0.25) is 0 Å². The van der Waals surface area contributed by atoms with Crippen molar-refractivity contribution in [3.8, 4) is 0 Å². The Morgan fingerprint density at radius 3 is 2.16 bits per heavy atom. The number of esters is 1. The Kier molecular flexibility index (Phi) is 6.71. The summed E-state index contributed by atoms with van der Waals surface area (Å²) in [6.07, 6.45) is 0.0443. The molecular formula is C20H23NO4. The molecule has 0 unspecified atom stereocenters. The number of anilines is 1. The van der Waals surface area contributed by atoms with E-state index in [0.29, 0.717) is 17.9 Å². The minimum atomic E-state index is -0.892. The highest BCUT2D eigenvalue weighted by atomic mass is 16.5. The second kappa shape index (κ2) is 8.99. The van der Waals surface area contributed by atoms with Crippen LogP contribution >= 0.6 is 0 Å². The molecule has 0 saturated heterocycles. The van der Waals surface area contributed by atoms with Crippen molar-refractivity contribution in [2.75, 3.05) is 12.4 Å². The second-order valence-corrected chi connectivity index (χ2v) is 5.72. The number of nitrogens with one attached hydrogen (secondary N) is 1. The molecule has 2 aromatic carbocycles. The van der Waals surface area contributed by atoms with Gasteiger partial charge >= 0.3 is 5.97 Å². The van der Waals surface area contributed by atoms with E-state index in [2.05, 4.69) is 12.2 Å². The Labute approximate surface area is 148 Å². The molecule has 5 nitrogen and oxygen atoms in total. The van der Waals surface area contributed by atoms with Gasteiger partial charge in [-0.25, -0.2) is 4.79 Å². The van der Waals surface area contributed by atoms with Gasteiger partial charge < -0.3 is 14.8 Å². The fraction of sp³-hybridized carbons (Fsp3) is 0.300. The van der Waals surface area contributed by atoms with Gasteiger partial charge in [-0.3, -0.25) is 4.79 Å². The van der Waals surface area contributed by atoms with Crippen LogP contribution in [0.1, 0.15) is 35.3 Å². The highest BCUT2D eigenvalue weighted by Crippen LogP contribution is 2.12. The summed E-state index contributed by atoms with van der Waals surface area (Å²) in [5.74, 6) is -0.901. The van der Waals surface area contributed by atoms with Crippen LogP contribution in [0.5, 0.6) is 0 Å². The molecule has 1 N–H and O–H groups in total. The van der Waals surface area contributed by atoms with Gasteiger partial charge in [-0.1, -0.05) is 31.2 Å². The number of carbonyl (C=O) groups is 2. The molecular weight excluding hydrogens is 318 g/mol. The maximum absolute atomic E-state index is 12.2. The van der Waals surface area contributed by atoms with E-state index in [0.717, 1.165) is 12.0 Å². The molecule has 2 rings (SSSR count). The standard InChI is InChI=1S/C20H23NO4/c1-4-15-7-11-18(12-8-15)21-19(22)14(2)25-20(23)17-9-5-16(6-10-17)13-24-3/h5-12,14H,4,13H2,1-3H3,(H,21,22)/t14-/m1/s1.